The van der Waals surface area contributed by atoms with E-state index in [9.17, 15) is 0 Å². The molecule has 0 atom stereocenters. The largest absolute Gasteiger partial charge is 2.00 e. The van der Waals surface area contributed by atoms with Crippen LogP contribution in [0, 0.1) is 23.3 Å². The van der Waals surface area contributed by atoms with E-state index in [1.54, 1.807) is 0 Å². The zero-order valence-corrected chi connectivity index (χ0v) is 58.4. The van der Waals surface area contributed by atoms with Crippen LogP contribution in [0.4, 0.5) is 0 Å². The standard InChI is InChI=1S/C67H82N8O2Si3.Zn/c1-63(2,3)44-26-30-48-52(36-44)61-71-56(48)69-59-51-35-41(23-25-42(39-76-79(19,20)66(10,11)12)43(33-34-78(16,17)18)40-77-80(21,22)67(13,14)15)24-29-47(51)55(68-59)70-60-53-37-45(64(4,5)6)27-31-49(53)57(72-60)74-62-54-38-46(65(7,8)9)28-32-50(54)58(73-61)75-62;/h24,26-32,35-38H,39-40H2,1-22H3;/q-2;+2/b43-42+;. The van der Waals surface area contributed by atoms with Gasteiger partial charge in [0.25, 0.3) is 0 Å². The first-order valence-electron chi connectivity index (χ1n) is 28.2. The molecule has 0 saturated heterocycles. The van der Waals surface area contributed by atoms with Crippen molar-refractivity contribution in [3.63, 3.8) is 0 Å². The number of hydrogen-bond donors (Lipinski definition) is 0. The van der Waals surface area contributed by atoms with Gasteiger partial charge in [-0.15, -0.1) is 5.54 Å². The number of aromatic nitrogens is 8. The van der Waals surface area contributed by atoms with Crippen molar-refractivity contribution in [3.05, 3.63) is 106 Å². The smallest absolute Gasteiger partial charge is 0.412 e. The van der Waals surface area contributed by atoms with Crippen molar-refractivity contribution < 1.29 is 28.3 Å². The predicted octanol–water partition coefficient (Wildman–Crippen LogP) is 16.6. The minimum absolute atomic E-state index is 0. The molecule has 2 aliphatic rings. The molecule has 4 aromatic carbocycles. The van der Waals surface area contributed by atoms with Crippen LogP contribution in [-0.4, -0.2) is 67.8 Å². The van der Waals surface area contributed by atoms with E-state index in [1.165, 1.54) is 5.56 Å². The number of hydrogen-bond acceptors (Lipinski definition) is 8. The normalized spacial score (nSPS) is 13.7. The Kier molecular flexibility index (Phi) is 16.3. The minimum Gasteiger partial charge on any atom is -0.412 e. The van der Waals surface area contributed by atoms with E-state index in [4.69, 9.17) is 48.7 Å². The van der Waals surface area contributed by atoms with Crippen molar-refractivity contribution in [1.82, 2.24) is 39.9 Å². The molecule has 10 nitrogen and oxygen atoms in total. The summed E-state index contributed by atoms with van der Waals surface area (Å²) in [7, 11) is -6.18. The van der Waals surface area contributed by atoms with Crippen LogP contribution >= 0.6 is 0 Å². The summed E-state index contributed by atoms with van der Waals surface area (Å²) < 4.78 is 13.9. The molecule has 0 radical (unpaired) electrons. The fourth-order valence-electron chi connectivity index (χ4n) is 8.89. The van der Waals surface area contributed by atoms with Gasteiger partial charge in [-0.2, -0.15) is 0 Å². The van der Waals surface area contributed by atoms with Crippen LogP contribution in [0.3, 0.4) is 0 Å². The molecule has 0 spiro atoms. The van der Waals surface area contributed by atoms with Gasteiger partial charge in [-0.05, 0) is 121 Å². The number of rotatable bonds is 6. The third-order valence-electron chi connectivity index (χ3n) is 16.4. The van der Waals surface area contributed by atoms with Gasteiger partial charge in [0, 0.05) is 61.6 Å². The Hall–Kier alpha value is -5.71. The molecule has 416 valence electrons. The molecule has 0 saturated carbocycles. The molecule has 0 unspecified atom stereocenters. The molecule has 8 bridgehead atoms. The van der Waals surface area contributed by atoms with Gasteiger partial charge in [0.1, 0.15) is 8.07 Å². The summed E-state index contributed by atoms with van der Waals surface area (Å²) in [6.45, 7) is 50.2. The zero-order chi connectivity index (χ0) is 58.5. The maximum absolute atomic E-state index is 6.98. The fraction of sp³-hybridized carbons (Fsp3) is 0.433. The summed E-state index contributed by atoms with van der Waals surface area (Å²) in [6, 6.07) is 25.6. The van der Waals surface area contributed by atoms with Crippen molar-refractivity contribution in [2.45, 2.75) is 176 Å². The van der Waals surface area contributed by atoms with E-state index in [-0.39, 0.29) is 45.8 Å². The van der Waals surface area contributed by atoms with E-state index in [2.05, 4.69) is 240 Å². The Morgan fingerprint density at radius 3 is 1.19 bits per heavy atom. The summed E-state index contributed by atoms with van der Waals surface area (Å²) in [5, 5.41) is 3.49. The third-order valence-corrected chi connectivity index (χ3v) is 26.2. The minimum atomic E-state index is -2.21. The number of fused-ring (bicyclic) bond motifs is 20. The van der Waals surface area contributed by atoms with Crippen LogP contribution in [0.5, 0.6) is 0 Å². The van der Waals surface area contributed by atoms with E-state index in [1.807, 2.05) is 6.07 Å². The molecule has 5 heterocycles. The average molecular weight is 1180 g/mol. The van der Waals surface area contributed by atoms with Gasteiger partial charge in [-0.25, -0.2) is 9.97 Å². The Labute approximate surface area is 498 Å². The first kappa shape index (κ1) is 61.4. The van der Waals surface area contributed by atoms with Gasteiger partial charge in [0.2, 0.25) is 0 Å². The van der Waals surface area contributed by atoms with Crippen molar-refractivity contribution in [1.29, 1.82) is 0 Å². The second-order valence-electron chi connectivity index (χ2n) is 29.1. The molecule has 0 aliphatic carbocycles. The molecule has 0 fully saturated rings. The molecule has 7 aromatic rings. The monoisotopic (exact) mass is 1180 g/mol. The summed E-state index contributed by atoms with van der Waals surface area (Å²) in [4.78, 5) is 42.4. The molecule has 9 rings (SSSR count). The summed E-state index contributed by atoms with van der Waals surface area (Å²) in [5.41, 5.74) is 14.7. The van der Waals surface area contributed by atoms with Gasteiger partial charge >= 0.3 is 19.5 Å². The maximum atomic E-state index is 6.98. The van der Waals surface area contributed by atoms with Crippen LogP contribution in [0.2, 0.25) is 55.9 Å². The fourth-order valence-corrected chi connectivity index (χ4v) is 11.3. The second kappa shape index (κ2) is 21.5. The van der Waals surface area contributed by atoms with Crippen molar-refractivity contribution in [2.75, 3.05) is 13.2 Å². The first-order chi connectivity index (χ1) is 36.9. The molecule has 0 N–H and O–H groups in total. The topological polar surface area (TPSA) is 124 Å². The molecule has 14 heteroatoms. The number of benzene rings is 4. The quantitative estimate of drug-likeness (QED) is 0.117. The van der Waals surface area contributed by atoms with Gasteiger partial charge in [-0.1, -0.05) is 184 Å². The second-order valence-corrected chi connectivity index (χ2v) is 43.4. The predicted molar refractivity (Wildman–Crippen MR) is 341 cm³/mol. The molecule has 0 amide bonds. The van der Waals surface area contributed by atoms with Crippen LogP contribution < -0.4 is 9.97 Å². The van der Waals surface area contributed by atoms with Crippen LogP contribution in [-0.2, 0) is 44.6 Å². The first-order valence-corrected chi connectivity index (χ1v) is 37.5. The molecule has 81 heavy (non-hydrogen) atoms. The van der Waals surface area contributed by atoms with E-state index in [0.29, 0.717) is 59.1 Å². The van der Waals surface area contributed by atoms with E-state index in [0.717, 1.165) is 71.6 Å². The molecule has 2 aliphatic heterocycles. The Morgan fingerprint density at radius 1 is 0.420 bits per heavy atom. The Balaban J connectivity index is 0.00000860. The van der Waals surface area contributed by atoms with Gasteiger partial charge < -0.3 is 38.8 Å². The summed E-state index contributed by atoms with van der Waals surface area (Å²) >= 11 is 0. The Morgan fingerprint density at radius 2 is 0.778 bits per heavy atom. The van der Waals surface area contributed by atoms with Gasteiger partial charge in [-0.3, -0.25) is 0 Å². The van der Waals surface area contributed by atoms with Crippen molar-refractivity contribution in [2.24, 2.45) is 0 Å². The van der Waals surface area contributed by atoms with Crippen LogP contribution in [0.1, 0.15) is 126 Å². The maximum Gasteiger partial charge on any atom is 2.00 e. The molecular weight excluding hydrogens is 1100 g/mol. The summed E-state index contributed by atoms with van der Waals surface area (Å²) in [5.74, 6) is 12.9. The zero-order valence-electron chi connectivity index (χ0n) is 52.4. The SMILES string of the molecule is CC(C)(C)c1ccc2c(c1)-c1nc-2nc2[n-]c(nc3nc(nc4[n-]c(n1)c1ccc(C(C)(C)C)cc41)-c1ccc(C#C/C(CO[Si](C)(C)C(C)(C)C)=C(/C#C[Si](C)(C)C)CO[Si](C)(C)C(C)(C)C)cc1-3)c1ccc(C(C)(C)C)cc21.[Zn+2]. The summed E-state index contributed by atoms with van der Waals surface area (Å²) in [6.07, 6.45) is 0. The number of nitrogens with zero attached hydrogens (tertiary/aromatic N) is 8. The molecule has 3 aromatic heterocycles. The van der Waals surface area contributed by atoms with Crippen molar-refractivity contribution in [3.8, 4) is 68.9 Å². The average Bonchev–Trinajstić information content (AvgIpc) is 4.25. The van der Waals surface area contributed by atoms with Gasteiger partial charge in [0.05, 0.1) is 36.5 Å². The van der Waals surface area contributed by atoms with E-state index < -0.39 is 24.7 Å². The Bertz CT molecular complexity index is 3970. The molecular formula is C67H82N8O2Si3Zn. The van der Waals surface area contributed by atoms with E-state index >= 15 is 0 Å². The van der Waals surface area contributed by atoms with Gasteiger partial charge in [0.15, 0.2) is 16.6 Å². The third kappa shape index (κ3) is 12.9. The van der Waals surface area contributed by atoms with Crippen molar-refractivity contribution >= 4 is 68.8 Å². The van der Waals surface area contributed by atoms with Crippen LogP contribution in [0.15, 0.2) is 83.9 Å². The van der Waals surface area contributed by atoms with Crippen LogP contribution in [0.25, 0.3) is 89.7 Å².